The predicted molar refractivity (Wildman–Crippen MR) is 96.4 cm³/mol. The van der Waals surface area contributed by atoms with Gasteiger partial charge in [-0.25, -0.2) is 9.97 Å². The Balaban J connectivity index is 1.64. The van der Waals surface area contributed by atoms with Crippen LogP contribution >= 0.6 is 0 Å². The van der Waals surface area contributed by atoms with E-state index in [-0.39, 0.29) is 5.91 Å². The molecule has 3 rings (SSSR count). The monoisotopic (exact) mass is 340 g/mol. The molecule has 0 radical (unpaired) electrons. The Morgan fingerprint density at radius 3 is 2.52 bits per heavy atom. The molecule has 6 nitrogen and oxygen atoms in total. The highest BCUT2D eigenvalue weighted by atomic mass is 16.5. The van der Waals surface area contributed by atoms with E-state index in [2.05, 4.69) is 21.8 Å². The number of amides is 1. The number of carbonyl (C=O) groups excluding carboxylic acids is 1. The Kier molecular flexibility index (Phi) is 5.60. The second-order valence-electron chi connectivity index (χ2n) is 6.06. The van der Waals surface area contributed by atoms with Crippen molar-refractivity contribution in [1.82, 2.24) is 14.9 Å². The van der Waals surface area contributed by atoms with Crippen molar-refractivity contribution in [1.29, 1.82) is 0 Å². The van der Waals surface area contributed by atoms with Gasteiger partial charge in [-0.2, -0.15) is 0 Å². The van der Waals surface area contributed by atoms with Crippen LogP contribution in [0, 0.1) is 0 Å². The van der Waals surface area contributed by atoms with Crippen molar-refractivity contribution in [3.63, 3.8) is 0 Å². The highest BCUT2D eigenvalue weighted by Crippen LogP contribution is 2.21. The number of hydrogen-bond donors (Lipinski definition) is 0. The van der Waals surface area contributed by atoms with Crippen LogP contribution in [0.5, 0.6) is 0 Å². The second-order valence-corrected chi connectivity index (χ2v) is 6.06. The predicted octanol–water partition coefficient (Wildman–Crippen LogP) is 2.08. The van der Waals surface area contributed by atoms with Crippen LogP contribution in [0.1, 0.15) is 24.3 Å². The van der Waals surface area contributed by atoms with Crippen molar-refractivity contribution in [2.24, 2.45) is 0 Å². The molecular formula is C19H24N4O2. The standard InChI is InChI=1S/C19H24N4O2/c1-3-16-13-17(21-14-20-16)22-9-11-23(12-10-22)19(24)18(25-2)15-7-5-4-6-8-15/h4-8,13-14,18H,3,9-12H2,1-2H3/t18-/m0/s1. The van der Waals surface area contributed by atoms with Crippen LogP contribution in [0.4, 0.5) is 5.82 Å². The lowest BCUT2D eigenvalue weighted by Crippen LogP contribution is -2.50. The molecule has 0 aliphatic carbocycles. The molecule has 1 fully saturated rings. The first-order valence-electron chi connectivity index (χ1n) is 8.65. The van der Waals surface area contributed by atoms with E-state index >= 15 is 0 Å². The van der Waals surface area contributed by atoms with Gasteiger partial charge in [-0.15, -0.1) is 0 Å². The topological polar surface area (TPSA) is 58.6 Å². The lowest BCUT2D eigenvalue weighted by atomic mass is 10.1. The number of benzene rings is 1. The van der Waals surface area contributed by atoms with Crippen LogP contribution in [0.15, 0.2) is 42.7 Å². The van der Waals surface area contributed by atoms with Crippen LogP contribution in [-0.2, 0) is 16.0 Å². The first-order chi connectivity index (χ1) is 12.2. The third-order valence-electron chi connectivity index (χ3n) is 4.55. The van der Waals surface area contributed by atoms with Crippen LogP contribution in [0.3, 0.4) is 0 Å². The molecule has 2 aromatic rings. The smallest absolute Gasteiger partial charge is 0.256 e. The van der Waals surface area contributed by atoms with Gasteiger partial charge in [-0.3, -0.25) is 4.79 Å². The molecule has 1 atom stereocenters. The van der Waals surface area contributed by atoms with Crippen molar-refractivity contribution in [3.05, 3.63) is 54.0 Å². The molecule has 6 heteroatoms. The van der Waals surface area contributed by atoms with Crippen LogP contribution in [-0.4, -0.2) is 54.1 Å². The number of carbonyl (C=O) groups is 1. The number of methoxy groups -OCH3 is 1. The molecule has 0 bridgehead atoms. The number of rotatable bonds is 5. The summed E-state index contributed by atoms with van der Waals surface area (Å²) in [5.74, 6) is 0.954. The number of aryl methyl sites for hydroxylation is 1. The Hall–Kier alpha value is -2.47. The highest BCUT2D eigenvalue weighted by molar-refractivity contribution is 5.82. The molecule has 0 saturated carbocycles. The van der Waals surface area contributed by atoms with E-state index < -0.39 is 6.10 Å². The zero-order valence-corrected chi connectivity index (χ0v) is 14.8. The normalized spacial score (nSPS) is 15.9. The summed E-state index contributed by atoms with van der Waals surface area (Å²) < 4.78 is 5.47. The number of nitrogens with zero attached hydrogens (tertiary/aromatic N) is 4. The van der Waals surface area contributed by atoms with Gasteiger partial charge < -0.3 is 14.5 Å². The van der Waals surface area contributed by atoms with E-state index in [1.807, 2.05) is 41.3 Å². The molecule has 0 N–H and O–H groups in total. The van der Waals surface area contributed by atoms with Crippen molar-refractivity contribution in [2.75, 3.05) is 38.2 Å². The maximum absolute atomic E-state index is 12.8. The molecule has 132 valence electrons. The minimum atomic E-state index is -0.543. The van der Waals surface area contributed by atoms with E-state index in [9.17, 15) is 4.79 Å². The minimum Gasteiger partial charge on any atom is -0.367 e. The fourth-order valence-corrected chi connectivity index (χ4v) is 3.08. The van der Waals surface area contributed by atoms with Gasteiger partial charge in [0.25, 0.3) is 5.91 Å². The van der Waals surface area contributed by atoms with E-state index in [4.69, 9.17) is 4.74 Å². The van der Waals surface area contributed by atoms with Crippen LogP contribution in [0.25, 0.3) is 0 Å². The van der Waals surface area contributed by atoms with Gasteiger partial charge in [0.1, 0.15) is 12.1 Å². The molecule has 1 aliphatic rings. The molecule has 1 amide bonds. The first kappa shape index (κ1) is 17.4. The van der Waals surface area contributed by atoms with Crippen molar-refractivity contribution >= 4 is 11.7 Å². The lowest BCUT2D eigenvalue weighted by molar-refractivity contribution is -0.142. The summed E-state index contributed by atoms with van der Waals surface area (Å²) in [5.41, 5.74) is 1.92. The fraction of sp³-hybridized carbons (Fsp3) is 0.421. The zero-order chi connectivity index (χ0) is 17.6. The molecule has 2 heterocycles. The van der Waals surface area contributed by atoms with Gasteiger partial charge in [-0.1, -0.05) is 37.3 Å². The van der Waals surface area contributed by atoms with E-state index in [0.717, 1.165) is 36.6 Å². The maximum atomic E-state index is 12.8. The largest absolute Gasteiger partial charge is 0.367 e. The van der Waals surface area contributed by atoms with Gasteiger partial charge in [0, 0.05) is 45.0 Å². The van der Waals surface area contributed by atoms with Gasteiger partial charge in [-0.05, 0) is 12.0 Å². The van der Waals surface area contributed by atoms with Gasteiger partial charge in [0.15, 0.2) is 6.10 Å². The van der Waals surface area contributed by atoms with Gasteiger partial charge in [0.05, 0.1) is 0 Å². The SMILES string of the molecule is CCc1cc(N2CCN(C(=O)[C@@H](OC)c3ccccc3)CC2)ncn1. The fourth-order valence-electron chi connectivity index (χ4n) is 3.08. The summed E-state index contributed by atoms with van der Waals surface area (Å²) in [6.07, 6.45) is 1.96. The Labute approximate surface area is 148 Å². The minimum absolute atomic E-state index is 0.0188. The van der Waals surface area contributed by atoms with Crippen molar-refractivity contribution in [3.8, 4) is 0 Å². The Bertz CT molecular complexity index is 700. The third-order valence-corrected chi connectivity index (χ3v) is 4.55. The van der Waals surface area contributed by atoms with Gasteiger partial charge in [0.2, 0.25) is 0 Å². The summed E-state index contributed by atoms with van der Waals surface area (Å²) in [4.78, 5) is 25.5. The van der Waals surface area contributed by atoms with Crippen LogP contribution < -0.4 is 4.90 Å². The van der Waals surface area contributed by atoms with E-state index in [0.29, 0.717) is 13.1 Å². The third kappa shape index (κ3) is 3.96. The average Bonchev–Trinajstić information content (AvgIpc) is 2.69. The maximum Gasteiger partial charge on any atom is 0.256 e. The summed E-state index contributed by atoms with van der Waals surface area (Å²) in [6.45, 7) is 4.93. The quantitative estimate of drug-likeness (QED) is 0.834. The van der Waals surface area contributed by atoms with Crippen molar-refractivity contribution in [2.45, 2.75) is 19.4 Å². The molecule has 0 spiro atoms. The first-order valence-corrected chi connectivity index (χ1v) is 8.65. The second kappa shape index (κ2) is 8.07. The molecule has 1 saturated heterocycles. The number of aromatic nitrogens is 2. The Morgan fingerprint density at radius 1 is 1.16 bits per heavy atom. The summed E-state index contributed by atoms with van der Waals surface area (Å²) >= 11 is 0. The highest BCUT2D eigenvalue weighted by Gasteiger charge is 2.28. The summed E-state index contributed by atoms with van der Waals surface area (Å²) in [7, 11) is 1.58. The number of piperazine rings is 1. The van der Waals surface area contributed by atoms with E-state index in [1.54, 1.807) is 13.4 Å². The average molecular weight is 340 g/mol. The molecule has 1 aromatic heterocycles. The molecular weight excluding hydrogens is 316 g/mol. The molecule has 1 aromatic carbocycles. The Morgan fingerprint density at radius 2 is 1.88 bits per heavy atom. The molecule has 1 aliphatic heterocycles. The van der Waals surface area contributed by atoms with E-state index in [1.165, 1.54) is 0 Å². The number of hydrogen-bond acceptors (Lipinski definition) is 5. The summed E-state index contributed by atoms with van der Waals surface area (Å²) in [5, 5.41) is 0. The van der Waals surface area contributed by atoms with Crippen LogP contribution in [0.2, 0.25) is 0 Å². The van der Waals surface area contributed by atoms with Crippen molar-refractivity contribution < 1.29 is 9.53 Å². The lowest BCUT2D eigenvalue weighted by Gasteiger charge is -2.36. The molecule has 25 heavy (non-hydrogen) atoms. The number of anilines is 1. The summed E-state index contributed by atoms with van der Waals surface area (Å²) in [6, 6.07) is 11.7. The van der Waals surface area contributed by atoms with Gasteiger partial charge >= 0.3 is 0 Å². The number of ether oxygens (including phenoxy) is 1. The zero-order valence-electron chi connectivity index (χ0n) is 14.8. The molecule has 0 unspecified atom stereocenters.